The van der Waals surface area contributed by atoms with E-state index in [1.165, 1.54) is 14.1 Å². The molecular formula is C9H13BrClN2O3-. The topological polar surface area (TPSA) is 67.5 Å². The van der Waals surface area contributed by atoms with Gasteiger partial charge in [0.2, 0.25) is 5.75 Å². The highest BCUT2D eigenvalue weighted by Crippen LogP contribution is 2.15. The molecule has 1 amide bonds. The largest absolute Gasteiger partial charge is 1.00 e. The number of aromatic hydroxyl groups is 1. The Morgan fingerprint density at radius 1 is 1.56 bits per heavy atom. The van der Waals surface area contributed by atoms with E-state index in [9.17, 15) is 9.90 Å². The minimum absolute atomic E-state index is 0. The van der Waals surface area contributed by atoms with Gasteiger partial charge in [0.05, 0.1) is 0 Å². The van der Waals surface area contributed by atoms with Crippen molar-refractivity contribution < 1.29 is 36.6 Å². The van der Waals surface area contributed by atoms with Gasteiger partial charge in [-0.05, 0) is 17.7 Å². The summed E-state index contributed by atoms with van der Waals surface area (Å²) in [6.07, 6.45) is 0.609. The Hall–Kier alpha value is -1.01. The first kappa shape index (κ1) is 17.4. The Kier molecular flexibility index (Phi) is 8.89. The standard InChI is InChI=1S/C6H6ClNO.C3H7NO2.BrH/c1-8-4-2-3-5(9)6(8)7;1-4(2)3(5)6;/h2-4H,1H3;1-2H3,(H,5,6);1H/p-1. The van der Waals surface area contributed by atoms with Crippen molar-refractivity contribution in [3.8, 4) is 5.75 Å². The number of nitrogens with zero attached hydrogens (tertiary/aromatic N) is 2. The van der Waals surface area contributed by atoms with Gasteiger partial charge in [0.25, 0.3) is 0 Å². The van der Waals surface area contributed by atoms with Crippen LogP contribution in [0.1, 0.15) is 0 Å². The van der Waals surface area contributed by atoms with Crippen LogP contribution in [0.15, 0.2) is 18.3 Å². The molecule has 0 aliphatic heterocycles. The van der Waals surface area contributed by atoms with Crippen molar-refractivity contribution >= 4 is 17.7 Å². The van der Waals surface area contributed by atoms with E-state index in [1.807, 2.05) is 0 Å². The molecule has 1 N–H and O–H groups in total. The number of amides is 1. The molecule has 0 bridgehead atoms. The lowest BCUT2D eigenvalue weighted by atomic mass is 10.4. The van der Waals surface area contributed by atoms with Crippen molar-refractivity contribution in [2.45, 2.75) is 0 Å². The van der Waals surface area contributed by atoms with Crippen molar-refractivity contribution in [2.75, 3.05) is 14.1 Å². The molecule has 0 atom stereocenters. The summed E-state index contributed by atoms with van der Waals surface area (Å²) in [7, 11) is 4.59. The minimum Gasteiger partial charge on any atom is -1.00 e. The second-order valence-electron chi connectivity index (χ2n) is 2.96. The van der Waals surface area contributed by atoms with Gasteiger partial charge in [0, 0.05) is 20.2 Å². The van der Waals surface area contributed by atoms with Crippen molar-refractivity contribution in [3.63, 3.8) is 0 Å². The van der Waals surface area contributed by atoms with E-state index >= 15 is 0 Å². The van der Waals surface area contributed by atoms with Crippen molar-refractivity contribution in [2.24, 2.45) is 7.05 Å². The molecule has 1 aromatic rings. The molecule has 1 rings (SSSR count). The molecule has 0 saturated heterocycles. The van der Waals surface area contributed by atoms with Crippen LogP contribution in [-0.4, -0.2) is 30.2 Å². The third-order valence-electron chi connectivity index (χ3n) is 1.45. The fourth-order valence-corrected chi connectivity index (χ4v) is 0.698. The Morgan fingerprint density at radius 2 is 2.00 bits per heavy atom. The highest BCUT2D eigenvalue weighted by atomic mass is 79.9. The smallest absolute Gasteiger partial charge is 0.317 e. The predicted molar refractivity (Wildman–Crippen MR) is 53.4 cm³/mol. The summed E-state index contributed by atoms with van der Waals surface area (Å²) in [5.74, 6) is 0.113. The van der Waals surface area contributed by atoms with E-state index in [2.05, 4.69) is 0 Å². The molecule has 16 heavy (non-hydrogen) atoms. The highest BCUT2D eigenvalue weighted by molar-refractivity contribution is 6.29. The van der Waals surface area contributed by atoms with Crippen LogP contribution < -0.4 is 26.7 Å². The molecule has 0 radical (unpaired) electrons. The van der Waals surface area contributed by atoms with Gasteiger partial charge in [-0.15, -0.1) is 0 Å². The molecule has 92 valence electrons. The monoisotopic (exact) mass is 311 g/mol. The first-order valence-corrected chi connectivity index (χ1v) is 4.45. The number of halogens is 2. The Bertz CT molecular complexity index is 327. The van der Waals surface area contributed by atoms with Crippen LogP contribution in [0.2, 0.25) is 5.15 Å². The summed E-state index contributed by atoms with van der Waals surface area (Å²) in [4.78, 5) is 10.5. The third-order valence-corrected chi connectivity index (χ3v) is 1.91. The zero-order chi connectivity index (χ0) is 12.0. The van der Waals surface area contributed by atoms with Gasteiger partial charge in [-0.25, -0.2) is 0 Å². The first-order chi connectivity index (χ1) is 6.86. The molecule has 0 aromatic carbocycles. The van der Waals surface area contributed by atoms with Crippen LogP contribution in [0.4, 0.5) is 4.79 Å². The molecule has 5 nitrogen and oxygen atoms in total. The summed E-state index contributed by atoms with van der Waals surface area (Å²) < 4.78 is 1.64. The van der Waals surface area contributed by atoms with Crippen molar-refractivity contribution in [3.05, 3.63) is 23.5 Å². The van der Waals surface area contributed by atoms with Crippen molar-refractivity contribution in [1.29, 1.82) is 0 Å². The molecule has 1 heterocycles. The van der Waals surface area contributed by atoms with Crippen LogP contribution in [0.3, 0.4) is 0 Å². The summed E-state index contributed by atoms with van der Waals surface area (Å²) in [6.45, 7) is 0. The molecule has 0 saturated carbocycles. The van der Waals surface area contributed by atoms with Crippen molar-refractivity contribution in [1.82, 2.24) is 4.90 Å². The second kappa shape index (κ2) is 8.18. The third kappa shape index (κ3) is 6.47. The number of aromatic nitrogens is 1. The van der Waals surface area contributed by atoms with Gasteiger partial charge in [-0.2, -0.15) is 4.57 Å². The van der Waals surface area contributed by atoms with Gasteiger partial charge in [-0.3, -0.25) is 0 Å². The Labute approximate surface area is 110 Å². The maximum Gasteiger partial charge on any atom is 0.317 e. The molecule has 0 aliphatic rings. The SMILES string of the molecule is CN(C)C(=O)[O-].C[n+]1cccc(O)c1Cl.[Br-]. The Balaban J connectivity index is 0. The second-order valence-corrected chi connectivity index (χ2v) is 3.31. The number of carbonyl (C=O) groups is 1. The average Bonchev–Trinajstić information content (AvgIpc) is 2.15. The van der Waals surface area contributed by atoms with Gasteiger partial charge in [0.1, 0.15) is 13.1 Å². The normalized spacial score (nSPS) is 8.25. The molecule has 0 spiro atoms. The first-order valence-electron chi connectivity index (χ1n) is 4.07. The van der Waals surface area contributed by atoms with E-state index in [4.69, 9.17) is 16.7 Å². The molecule has 7 heteroatoms. The summed E-state index contributed by atoms with van der Waals surface area (Å²) in [5, 5.41) is 18.8. The zero-order valence-electron chi connectivity index (χ0n) is 9.15. The minimum atomic E-state index is -1.16. The molecular weight excluding hydrogens is 299 g/mol. The van der Waals surface area contributed by atoms with Gasteiger partial charge >= 0.3 is 5.15 Å². The lowest BCUT2D eigenvalue weighted by molar-refractivity contribution is -0.669. The fourth-order valence-electron chi connectivity index (χ4n) is 0.578. The van der Waals surface area contributed by atoms with Gasteiger partial charge in [-0.1, -0.05) is 0 Å². The predicted octanol–water partition coefficient (Wildman–Crippen LogP) is -3.23. The number of carboxylic acid groups (broad SMARTS) is 1. The number of hydrogen-bond acceptors (Lipinski definition) is 3. The van der Waals surface area contributed by atoms with E-state index < -0.39 is 6.09 Å². The molecule has 1 aromatic heterocycles. The van der Waals surface area contributed by atoms with Crippen LogP contribution in [0.25, 0.3) is 0 Å². The number of hydrogen-bond donors (Lipinski definition) is 1. The van der Waals surface area contributed by atoms with Crippen LogP contribution in [0.5, 0.6) is 5.75 Å². The maximum atomic E-state index is 9.51. The summed E-state index contributed by atoms with van der Waals surface area (Å²) in [5.41, 5.74) is 0. The summed E-state index contributed by atoms with van der Waals surface area (Å²) in [6, 6.07) is 3.27. The van der Waals surface area contributed by atoms with Crippen LogP contribution >= 0.6 is 11.6 Å². The van der Waals surface area contributed by atoms with Crippen LogP contribution in [-0.2, 0) is 7.05 Å². The Morgan fingerprint density at radius 3 is 2.25 bits per heavy atom. The van der Waals surface area contributed by atoms with E-state index in [0.29, 0.717) is 5.15 Å². The number of pyridine rings is 1. The van der Waals surface area contributed by atoms with E-state index in [-0.39, 0.29) is 22.7 Å². The molecule has 0 aliphatic carbocycles. The quantitative estimate of drug-likeness (QED) is 0.404. The van der Waals surface area contributed by atoms with E-state index in [1.54, 1.807) is 29.9 Å². The average molecular weight is 313 g/mol. The zero-order valence-corrected chi connectivity index (χ0v) is 11.5. The number of rotatable bonds is 0. The van der Waals surface area contributed by atoms with E-state index in [0.717, 1.165) is 4.90 Å². The fraction of sp³-hybridized carbons (Fsp3) is 0.333. The highest BCUT2D eigenvalue weighted by Gasteiger charge is 2.05. The molecule has 0 fully saturated rings. The molecule has 0 unspecified atom stereocenters. The van der Waals surface area contributed by atoms with Gasteiger partial charge in [0.15, 0.2) is 6.20 Å². The summed E-state index contributed by atoms with van der Waals surface area (Å²) >= 11 is 5.59. The maximum absolute atomic E-state index is 9.51. The number of aryl methyl sites for hydroxylation is 1. The van der Waals surface area contributed by atoms with Crippen LogP contribution in [0, 0.1) is 0 Å². The lowest BCUT2D eigenvalue weighted by Crippen LogP contribution is -3.00. The van der Waals surface area contributed by atoms with Gasteiger partial charge < -0.3 is 36.9 Å². The lowest BCUT2D eigenvalue weighted by Gasteiger charge is -2.10. The number of carbonyl (C=O) groups excluding carboxylic acids is 1.